The maximum Gasteiger partial charge on any atom is 0.144 e. The lowest BCUT2D eigenvalue weighted by Gasteiger charge is -2.02. The van der Waals surface area contributed by atoms with E-state index in [0.29, 0.717) is 0 Å². The van der Waals surface area contributed by atoms with Gasteiger partial charge in [0.1, 0.15) is 11.6 Å². The molecule has 0 aliphatic heterocycles. The van der Waals surface area contributed by atoms with E-state index in [4.69, 9.17) is 17.3 Å². The van der Waals surface area contributed by atoms with Gasteiger partial charge in [0.05, 0.1) is 10.6 Å². The van der Waals surface area contributed by atoms with E-state index in [0.717, 1.165) is 0 Å². The molecule has 0 aromatic heterocycles. The molecule has 0 aliphatic carbocycles. The second kappa shape index (κ2) is 4.25. The Bertz CT molecular complexity index is 339. The number of benzene rings is 1. The van der Waals surface area contributed by atoms with Crippen LogP contribution in [0.25, 0.3) is 6.08 Å². The van der Waals surface area contributed by atoms with E-state index in [-0.39, 0.29) is 22.9 Å². The van der Waals surface area contributed by atoms with Crippen molar-refractivity contribution < 1.29 is 9.50 Å². The van der Waals surface area contributed by atoms with Crippen molar-refractivity contribution in [3.63, 3.8) is 0 Å². The number of phenolic OH excluding ortho intramolecular Hbond substituents is 1. The zero-order valence-electron chi connectivity index (χ0n) is 6.80. The molecule has 4 heteroatoms. The highest BCUT2D eigenvalue weighted by molar-refractivity contribution is 6.32. The molecule has 0 unspecified atom stereocenters. The number of rotatable bonds is 2. The van der Waals surface area contributed by atoms with E-state index in [1.807, 2.05) is 0 Å². The van der Waals surface area contributed by atoms with Crippen LogP contribution in [0.3, 0.4) is 0 Å². The lowest BCUT2D eigenvalue weighted by Crippen LogP contribution is -1.92. The number of aromatic hydroxyl groups is 1. The van der Waals surface area contributed by atoms with Crippen LogP contribution in [-0.4, -0.2) is 11.7 Å². The lowest BCUT2D eigenvalue weighted by molar-refractivity contribution is 0.467. The summed E-state index contributed by atoms with van der Waals surface area (Å²) in [5, 5.41) is 9.46. The molecule has 1 aromatic rings. The van der Waals surface area contributed by atoms with Crippen molar-refractivity contribution >= 4 is 17.7 Å². The van der Waals surface area contributed by atoms with Gasteiger partial charge in [-0.15, -0.1) is 0 Å². The van der Waals surface area contributed by atoms with E-state index in [1.165, 1.54) is 24.3 Å². The molecule has 0 fully saturated rings. The van der Waals surface area contributed by atoms with Gasteiger partial charge < -0.3 is 10.8 Å². The van der Waals surface area contributed by atoms with Gasteiger partial charge in [0.25, 0.3) is 0 Å². The Labute approximate surface area is 80.4 Å². The van der Waals surface area contributed by atoms with Crippen LogP contribution in [-0.2, 0) is 0 Å². The van der Waals surface area contributed by atoms with Crippen molar-refractivity contribution in [2.24, 2.45) is 5.73 Å². The maximum absolute atomic E-state index is 13.0. The third-order valence-electron chi connectivity index (χ3n) is 1.54. The van der Waals surface area contributed by atoms with Gasteiger partial charge in [-0.2, -0.15) is 0 Å². The number of halogens is 2. The van der Waals surface area contributed by atoms with Crippen molar-refractivity contribution in [3.05, 3.63) is 34.6 Å². The summed E-state index contributed by atoms with van der Waals surface area (Å²) in [5.74, 6) is -0.780. The van der Waals surface area contributed by atoms with Crippen LogP contribution in [0, 0.1) is 5.82 Å². The van der Waals surface area contributed by atoms with Crippen LogP contribution in [0.4, 0.5) is 4.39 Å². The Morgan fingerprint density at radius 2 is 2.23 bits per heavy atom. The molecular weight excluding hydrogens is 193 g/mol. The number of nitrogens with two attached hydrogens (primary N) is 1. The van der Waals surface area contributed by atoms with Crippen molar-refractivity contribution in [3.8, 4) is 5.75 Å². The summed E-state index contributed by atoms with van der Waals surface area (Å²) in [6.07, 6.45) is 2.94. The van der Waals surface area contributed by atoms with E-state index < -0.39 is 5.82 Å². The minimum atomic E-state index is -0.522. The fourth-order valence-corrected chi connectivity index (χ4v) is 1.07. The Hall–Kier alpha value is -1.06. The molecule has 0 aliphatic rings. The van der Waals surface area contributed by atoms with Gasteiger partial charge in [-0.05, 0) is 12.1 Å². The normalized spacial score (nSPS) is 11.0. The van der Waals surface area contributed by atoms with Crippen LogP contribution in [0.15, 0.2) is 18.2 Å². The Morgan fingerprint density at radius 1 is 1.54 bits per heavy atom. The summed E-state index contributed by atoms with van der Waals surface area (Å²) >= 11 is 5.58. The van der Waals surface area contributed by atoms with Gasteiger partial charge in [-0.25, -0.2) is 4.39 Å². The van der Waals surface area contributed by atoms with Crippen molar-refractivity contribution in [2.45, 2.75) is 0 Å². The highest BCUT2D eigenvalue weighted by atomic mass is 35.5. The lowest BCUT2D eigenvalue weighted by atomic mass is 10.1. The van der Waals surface area contributed by atoms with Gasteiger partial charge in [0.2, 0.25) is 0 Å². The van der Waals surface area contributed by atoms with Crippen LogP contribution < -0.4 is 5.73 Å². The van der Waals surface area contributed by atoms with Crippen molar-refractivity contribution in [2.75, 3.05) is 6.54 Å². The monoisotopic (exact) mass is 201 g/mol. The molecule has 70 valence electrons. The SMILES string of the molecule is NC/C=C/c1c(F)ccc(Cl)c1O. The number of hydrogen-bond donors (Lipinski definition) is 2. The largest absolute Gasteiger partial charge is 0.506 e. The zero-order valence-corrected chi connectivity index (χ0v) is 7.55. The minimum absolute atomic E-state index is 0.0675. The average Bonchev–Trinajstić information content (AvgIpc) is 2.12. The molecule has 1 aromatic carbocycles. The van der Waals surface area contributed by atoms with Gasteiger partial charge >= 0.3 is 0 Å². The van der Waals surface area contributed by atoms with Crippen LogP contribution >= 0.6 is 11.6 Å². The highest BCUT2D eigenvalue weighted by Crippen LogP contribution is 2.30. The molecule has 2 nitrogen and oxygen atoms in total. The third kappa shape index (κ3) is 2.20. The molecule has 1 rings (SSSR count). The van der Waals surface area contributed by atoms with Crippen molar-refractivity contribution in [1.29, 1.82) is 0 Å². The summed E-state index contributed by atoms with van der Waals surface area (Å²) < 4.78 is 13.0. The fourth-order valence-electron chi connectivity index (χ4n) is 0.901. The Kier molecular flexibility index (Phi) is 3.28. The number of phenols is 1. The maximum atomic E-state index is 13.0. The first kappa shape index (κ1) is 10.0. The second-order valence-electron chi connectivity index (χ2n) is 2.43. The summed E-state index contributed by atoms with van der Waals surface area (Å²) in [5.41, 5.74) is 5.26. The minimum Gasteiger partial charge on any atom is -0.506 e. The first-order chi connectivity index (χ1) is 6.16. The summed E-state index contributed by atoms with van der Waals surface area (Å²) in [6, 6.07) is 2.49. The van der Waals surface area contributed by atoms with Gasteiger partial charge in [-0.3, -0.25) is 0 Å². The first-order valence-electron chi connectivity index (χ1n) is 3.70. The van der Waals surface area contributed by atoms with Crippen molar-refractivity contribution in [1.82, 2.24) is 0 Å². The molecule has 0 spiro atoms. The van der Waals surface area contributed by atoms with E-state index in [1.54, 1.807) is 0 Å². The van der Waals surface area contributed by atoms with E-state index in [9.17, 15) is 9.50 Å². The Morgan fingerprint density at radius 3 is 2.85 bits per heavy atom. The van der Waals surface area contributed by atoms with Crippen LogP contribution in [0.2, 0.25) is 5.02 Å². The molecule has 0 atom stereocenters. The molecule has 13 heavy (non-hydrogen) atoms. The Balaban J connectivity index is 3.17. The predicted octanol–water partition coefficient (Wildman–Crippen LogP) is 2.16. The predicted molar refractivity (Wildman–Crippen MR) is 51.2 cm³/mol. The van der Waals surface area contributed by atoms with E-state index >= 15 is 0 Å². The molecule has 0 radical (unpaired) electrons. The molecule has 0 saturated heterocycles. The first-order valence-corrected chi connectivity index (χ1v) is 4.08. The molecule has 0 saturated carbocycles. The number of hydrogen-bond acceptors (Lipinski definition) is 2. The second-order valence-corrected chi connectivity index (χ2v) is 2.84. The highest BCUT2D eigenvalue weighted by Gasteiger charge is 2.07. The molecule has 0 bridgehead atoms. The standard InChI is InChI=1S/C9H9ClFNO/c10-7-3-4-8(11)6(9(7)13)2-1-5-12/h1-4,13H,5,12H2/b2-1+. The summed E-state index contributed by atoms with van der Waals surface area (Å²) in [6.45, 7) is 0.283. The quantitative estimate of drug-likeness (QED) is 0.770. The summed E-state index contributed by atoms with van der Waals surface area (Å²) in [4.78, 5) is 0. The average molecular weight is 202 g/mol. The molecule has 3 N–H and O–H groups in total. The summed E-state index contributed by atoms with van der Waals surface area (Å²) in [7, 11) is 0. The van der Waals surface area contributed by atoms with Gasteiger partial charge in [-0.1, -0.05) is 23.8 Å². The smallest absolute Gasteiger partial charge is 0.144 e. The van der Waals surface area contributed by atoms with Crippen LogP contribution in [0.1, 0.15) is 5.56 Å². The van der Waals surface area contributed by atoms with Gasteiger partial charge in [0.15, 0.2) is 0 Å². The molecule has 0 heterocycles. The van der Waals surface area contributed by atoms with Gasteiger partial charge in [0, 0.05) is 6.54 Å². The van der Waals surface area contributed by atoms with E-state index in [2.05, 4.69) is 0 Å². The zero-order chi connectivity index (χ0) is 9.84. The topological polar surface area (TPSA) is 46.2 Å². The van der Waals surface area contributed by atoms with Crippen LogP contribution in [0.5, 0.6) is 5.75 Å². The fraction of sp³-hybridized carbons (Fsp3) is 0.111. The molecule has 0 amide bonds. The molecular formula is C9H9ClFNO. The third-order valence-corrected chi connectivity index (χ3v) is 1.84.